The van der Waals surface area contributed by atoms with Crippen molar-refractivity contribution in [2.24, 2.45) is 0 Å². The van der Waals surface area contributed by atoms with Crippen molar-refractivity contribution in [2.75, 3.05) is 16.8 Å². The zero-order valence-corrected chi connectivity index (χ0v) is 16.9. The van der Waals surface area contributed by atoms with Crippen molar-refractivity contribution in [3.05, 3.63) is 47.2 Å². The first kappa shape index (κ1) is 22.5. The molecule has 0 spiro atoms. The normalized spacial score (nSPS) is 24.9. The number of quaternary nitrogens is 1. The Morgan fingerprint density at radius 1 is 1.23 bits per heavy atom. The van der Waals surface area contributed by atoms with E-state index in [4.69, 9.17) is 0 Å². The summed E-state index contributed by atoms with van der Waals surface area (Å²) in [6.07, 6.45) is -3.47. The lowest BCUT2D eigenvalue weighted by Crippen LogP contribution is -3.21. The van der Waals surface area contributed by atoms with E-state index in [9.17, 15) is 36.4 Å². The lowest BCUT2D eigenvalue weighted by atomic mass is 9.94. The topological polar surface area (TPSA) is 118 Å². The van der Waals surface area contributed by atoms with Crippen LogP contribution in [0.2, 0.25) is 0 Å². The number of rotatable bonds is 4. The van der Waals surface area contributed by atoms with E-state index in [1.807, 2.05) is 0 Å². The zero-order chi connectivity index (χ0) is 23.0. The minimum Gasteiger partial charge on any atom is -0.406 e. The van der Waals surface area contributed by atoms with Crippen molar-refractivity contribution in [1.82, 2.24) is 0 Å². The number of sulfone groups is 1. The van der Waals surface area contributed by atoms with Crippen LogP contribution in [0, 0.1) is 11.3 Å². The maximum atomic E-state index is 13.0. The molecule has 0 saturated carbocycles. The first-order valence-electron chi connectivity index (χ1n) is 9.02. The molecule has 3 rings (SSSR count). The second-order valence-corrected chi connectivity index (χ2v) is 9.29. The van der Waals surface area contributed by atoms with Crippen LogP contribution in [0.5, 0.6) is 5.75 Å². The molecule has 2 amide bonds. The van der Waals surface area contributed by atoms with Gasteiger partial charge in [-0.15, -0.1) is 13.2 Å². The van der Waals surface area contributed by atoms with Crippen molar-refractivity contribution < 1.29 is 40.8 Å². The molecular weight excluding hydrogens is 439 g/mol. The molecule has 8 nitrogen and oxygen atoms in total. The molecule has 0 aliphatic carbocycles. The highest BCUT2D eigenvalue weighted by molar-refractivity contribution is 7.91. The number of ether oxygens (including phenoxy) is 1. The van der Waals surface area contributed by atoms with Crippen LogP contribution >= 0.6 is 0 Å². The van der Waals surface area contributed by atoms with Gasteiger partial charge in [0.05, 0.1) is 5.75 Å². The number of amides is 2. The third-order valence-electron chi connectivity index (χ3n) is 4.96. The summed E-state index contributed by atoms with van der Waals surface area (Å²) in [7, 11) is -3.37. The number of anilines is 1. The van der Waals surface area contributed by atoms with E-state index in [1.54, 1.807) is 6.07 Å². The summed E-state index contributed by atoms with van der Waals surface area (Å²) < 4.78 is 64.1. The van der Waals surface area contributed by atoms with Crippen molar-refractivity contribution in [3.63, 3.8) is 0 Å². The van der Waals surface area contributed by atoms with Crippen molar-refractivity contribution >= 4 is 27.3 Å². The Labute approximate surface area is 175 Å². The quantitative estimate of drug-likeness (QED) is 0.510. The first-order chi connectivity index (χ1) is 14.4. The van der Waals surface area contributed by atoms with Crippen molar-refractivity contribution in [1.29, 1.82) is 5.26 Å². The van der Waals surface area contributed by atoms with E-state index in [0.717, 1.165) is 12.1 Å². The number of alkyl halides is 3. The van der Waals surface area contributed by atoms with Gasteiger partial charge in [-0.1, -0.05) is 0 Å². The van der Waals surface area contributed by atoms with Gasteiger partial charge < -0.3 is 10.1 Å². The molecule has 0 radical (unpaired) electrons. The SMILES string of the molecule is CC1=C(C#N)C(=O)[NH+]([C@H]2CCS(=O)(=O)C2)C(=O)/C1=C/Nc1ccc(OC(F)(F)F)cc1. The Morgan fingerprint density at radius 3 is 2.39 bits per heavy atom. The van der Waals surface area contributed by atoms with Crippen LogP contribution < -0.4 is 15.0 Å². The molecule has 2 atom stereocenters. The third kappa shape index (κ3) is 4.95. The summed E-state index contributed by atoms with van der Waals surface area (Å²) in [6.45, 7) is 1.42. The van der Waals surface area contributed by atoms with Crippen LogP contribution in [0.3, 0.4) is 0 Å². The van der Waals surface area contributed by atoms with Gasteiger partial charge in [-0.25, -0.2) is 18.0 Å². The van der Waals surface area contributed by atoms with Gasteiger partial charge in [0.25, 0.3) is 0 Å². The Morgan fingerprint density at radius 2 is 1.87 bits per heavy atom. The van der Waals surface area contributed by atoms with Crippen molar-refractivity contribution in [3.8, 4) is 11.8 Å². The van der Waals surface area contributed by atoms with Gasteiger partial charge in [-0.2, -0.15) is 10.2 Å². The lowest BCUT2D eigenvalue weighted by Gasteiger charge is -2.25. The molecule has 0 aromatic heterocycles. The fraction of sp³-hybridized carbons (Fsp3) is 0.316. The van der Waals surface area contributed by atoms with Crippen LogP contribution in [0.25, 0.3) is 0 Å². The highest BCUT2D eigenvalue weighted by atomic mass is 32.2. The maximum Gasteiger partial charge on any atom is 0.573 e. The number of benzene rings is 1. The van der Waals surface area contributed by atoms with Crippen LogP contribution in [-0.2, 0) is 19.4 Å². The average molecular weight is 456 g/mol. The first-order valence-corrected chi connectivity index (χ1v) is 10.8. The molecule has 0 bridgehead atoms. The summed E-state index contributed by atoms with van der Waals surface area (Å²) in [4.78, 5) is 25.4. The smallest absolute Gasteiger partial charge is 0.406 e. The molecule has 2 N–H and O–H groups in total. The van der Waals surface area contributed by atoms with E-state index in [0.29, 0.717) is 5.69 Å². The number of nitrogens with one attached hydrogen (secondary N) is 2. The predicted octanol–water partition coefficient (Wildman–Crippen LogP) is 0.860. The highest BCUT2D eigenvalue weighted by Crippen LogP contribution is 2.25. The largest absolute Gasteiger partial charge is 0.573 e. The van der Waals surface area contributed by atoms with Gasteiger partial charge in [0.15, 0.2) is 15.4 Å². The second-order valence-electron chi connectivity index (χ2n) is 7.06. The summed E-state index contributed by atoms with van der Waals surface area (Å²) in [5.41, 5.74) is 0.210. The Balaban J connectivity index is 1.87. The van der Waals surface area contributed by atoms with E-state index in [1.165, 1.54) is 25.3 Å². The van der Waals surface area contributed by atoms with E-state index >= 15 is 0 Å². The number of carbonyl (C=O) groups excluding carboxylic acids is 2. The molecule has 1 aromatic carbocycles. The van der Waals surface area contributed by atoms with E-state index in [-0.39, 0.29) is 39.5 Å². The van der Waals surface area contributed by atoms with Gasteiger partial charge in [-0.05, 0) is 36.8 Å². The number of halogens is 3. The van der Waals surface area contributed by atoms with Crippen LogP contribution in [0.15, 0.2) is 47.2 Å². The molecule has 2 aliphatic heterocycles. The van der Waals surface area contributed by atoms with Gasteiger partial charge in [-0.3, -0.25) is 0 Å². The van der Waals surface area contributed by atoms with E-state index < -0.39 is 39.8 Å². The number of nitriles is 1. The minimum atomic E-state index is -4.83. The third-order valence-corrected chi connectivity index (χ3v) is 6.73. The lowest BCUT2D eigenvalue weighted by molar-refractivity contribution is -0.761. The molecule has 1 unspecified atom stereocenters. The van der Waals surface area contributed by atoms with Crippen molar-refractivity contribution in [2.45, 2.75) is 25.7 Å². The van der Waals surface area contributed by atoms with Crippen LogP contribution in [-0.4, -0.2) is 44.1 Å². The summed E-state index contributed by atoms with van der Waals surface area (Å²) in [5.74, 6) is -2.34. The fourth-order valence-electron chi connectivity index (χ4n) is 3.47. The Kier molecular flexibility index (Phi) is 5.93. The average Bonchev–Trinajstić information content (AvgIpc) is 3.01. The number of nitrogens with zero attached hydrogens (tertiary/aromatic N) is 1. The summed E-state index contributed by atoms with van der Waals surface area (Å²) in [5, 5.41) is 12.1. The highest BCUT2D eigenvalue weighted by Gasteiger charge is 2.48. The monoisotopic (exact) mass is 456 g/mol. The van der Waals surface area contributed by atoms with E-state index in [2.05, 4.69) is 10.1 Å². The molecule has 1 aromatic rings. The van der Waals surface area contributed by atoms with Gasteiger partial charge >= 0.3 is 18.2 Å². The summed E-state index contributed by atoms with van der Waals surface area (Å²) >= 11 is 0. The fourth-order valence-corrected chi connectivity index (χ4v) is 5.23. The molecule has 1 saturated heterocycles. The Bertz CT molecular complexity index is 1130. The van der Waals surface area contributed by atoms with Gasteiger partial charge in [0.1, 0.15) is 29.2 Å². The minimum absolute atomic E-state index is 0.00562. The Hall–Kier alpha value is -3.17. The predicted molar refractivity (Wildman–Crippen MR) is 101 cm³/mol. The number of hydrogen-bond donors (Lipinski definition) is 2. The summed E-state index contributed by atoms with van der Waals surface area (Å²) in [6, 6.07) is 5.71. The molecule has 2 heterocycles. The number of carbonyl (C=O) groups is 2. The molecule has 1 fully saturated rings. The maximum absolute atomic E-state index is 13.0. The molecule has 2 aliphatic rings. The zero-order valence-electron chi connectivity index (χ0n) is 16.1. The molecular formula is C19H17F3N3O5S+. The number of imide groups is 1. The second kappa shape index (κ2) is 8.16. The van der Waals surface area contributed by atoms with Crippen LogP contribution in [0.1, 0.15) is 13.3 Å². The van der Waals surface area contributed by atoms with Gasteiger partial charge in [0, 0.05) is 18.3 Å². The molecule has 12 heteroatoms. The molecule has 164 valence electrons. The van der Waals surface area contributed by atoms with Crippen LogP contribution in [0.4, 0.5) is 18.9 Å². The molecule has 31 heavy (non-hydrogen) atoms. The standard InChI is InChI=1S/C19H16F3N3O5S/c1-11-15(8-23)17(26)25(13-6-7-31(28,29)10-13)18(27)16(11)9-24-12-2-4-14(5-3-12)30-19(20,21)22/h2-5,9,13,24H,6-7,10H2,1H3/p+1/b16-9+/t13-/m0/s1. The number of hydrogen-bond acceptors (Lipinski definition) is 7. The van der Waals surface area contributed by atoms with Gasteiger partial charge in [0.2, 0.25) is 0 Å².